The third-order valence-electron chi connectivity index (χ3n) is 4.91. The van der Waals surface area contributed by atoms with E-state index in [1.807, 2.05) is 6.07 Å². The predicted octanol–water partition coefficient (Wildman–Crippen LogP) is 3.85. The van der Waals surface area contributed by atoms with Gasteiger partial charge in [0.05, 0.1) is 0 Å². The second kappa shape index (κ2) is 7.12. The molecule has 0 saturated carbocycles. The minimum Gasteiger partial charge on any atom is -0.377 e. The van der Waals surface area contributed by atoms with Crippen LogP contribution in [0.3, 0.4) is 0 Å². The minimum atomic E-state index is -0.491. The highest BCUT2D eigenvalue weighted by Crippen LogP contribution is 2.29. The molecular weight excluding hydrogens is 331 g/mol. The van der Waals surface area contributed by atoms with Crippen LogP contribution in [0.25, 0.3) is 0 Å². The van der Waals surface area contributed by atoms with Gasteiger partial charge in [0.1, 0.15) is 17.1 Å². The summed E-state index contributed by atoms with van der Waals surface area (Å²) >= 11 is 0. The summed E-state index contributed by atoms with van der Waals surface area (Å²) in [6.45, 7) is 1.71. The molecule has 0 unspecified atom stereocenters. The van der Waals surface area contributed by atoms with Crippen molar-refractivity contribution in [2.24, 2.45) is 5.16 Å². The molecule has 1 fully saturated rings. The molecule has 4 rings (SSSR count). The molecule has 1 saturated heterocycles. The molecule has 0 bridgehead atoms. The molecule has 2 aliphatic rings. The average molecular weight is 350 g/mol. The summed E-state index contributed by atoms with van der Waals surface area (Å²) < 4.78 is 13.5. The number of hydrogen-bond donors (Lipinski definition) is 0. The van der Waals surface area contributed by atoms with E-state index in [-0.39, 0.29) is 5.82 Å². The lowest BCUT2D eigenvalue weighted by molar-refractivity contribution is -0.136. The topological polar surface area (TPSA) is 41.9 Å². The second-order valence-corrected chi connectivity index (χ2v) is 6.59. The molecule has 0 atom stereocenters. The molecule has 0 radical (unpaired) electrons. The van der Waals surface area contributed by atoms with Crippen molar-refractivity contribution in [1.29, 1.82) is 0 Å². The number of oxime groups is 1. The number of carbonyl (C=O) groups excluding carboxylic acids is 1. The zero-order valence-corrected chi connectivity index (χ0v) is 14.3. The van der Waals surface area contributed by atoms with Crippen LogP contribution in [0.15, 0.2) is 71.5 Å². The first-order valence-corrected chi connectivity index (χ1v) is 8.77. The van der Waals surface area contributed by atoms with E-state index in [4.69, 9.17) is 4.84 Å². The van der Waals surface area contributed by atoms with Gasteiger partial charge >= 0.3 is 5.97 Å². The van der Waals surface area contributed by atoms with Crippen molar-refractivity contribution in [2.75, 3.05) is 13.1 Å². The number of halogens is 1. The number of benzene rings is 2. The van der Waals surface area contributed by atoms with Crippen LogP contribution in [0.1, 0.15) is 29.9 Å². The van der Waals surface area contributed by atoms with Crippen LogP contribution in [-0.2, 0) is 9.63 Å². The van der Waals surface area contributed by atoms with Crippen LogP contribution in [-0.4, -0.2) is 29.7 Å². The highest BCUT2D eigenvalue weighted by atomic mass is 19.1. The molecule has 4 nitrogen and oxygen atoms in total. The monoisotopic (exact) mass is 350 g/mol. The largest absolute Gasteiger partial charge is 0.377 e. The number of hydrogen-bond acceptors (Lipinski definition) is 4. The first kappa shape index (κ1) is 16.5. The second-order valence-electron chi connectivity index (χ2n) is 6.59. The van der Waals surface area contributed by atoms with Crippen LogP contribution in [0.4, 0.5) is 4.39 Å². The van der Waals surface area contributed by atoms with E-state index < -0.39 is 5.97 Å². The molecule has 0 aromatic heterocycles. The van der Waals surface area contributed by atoms with E-state index in [9.17, 15) is 9.18 Å². The van der Waals surface area contributed by atoms with Crippen molar-refractivity contribution >= 4 is 11.7 Å². The summed E-state index contributed by atoms with van der Waals surface area (Å²) in [6, 6.07) is 16.5. The molecule has 0 aliphatic carbocycles. The summed E-state index contributed by atoms with van der Waals surface area (Å²) in [6.07, 6.45) is 3.85. The Kier molecular flexibility index (Phi) is 4.52. The average Bonchev–Trinajstić information content (AvgIpc) is 3.04. The third-order valence-corrected chi connectivity index (χ3v) is 4.91. The molecule has 0 N–H and O–H groups in total. The number of nitrogens with zero attached hydrogens (tertiary/aromatic N) is 2. The van der Waals surface area contributed by atoms with Crippen LogP contribution >= 0.6 is 0 Å². The molecule has 0 amide bonds. The van der Waals surface area contributed by atoms with E-state index in [1.54, 1.807) is 18.3 Å². The minimum absolute atomic E-state index is 0.368. The van der Waals surface area contributed by atoms with Gasteiger partial charge in [-0.2, -0.15) is 0 Å². The van der Waals surface area contributed by atoms with Gasteiger partial charge in [-0.25, -0.2) is 9.18 Å². The molecule has 2 heterocycles. The summed E-state index contributed by atoms with van der Waals surface area (Å²) in [5.74, 6) is -0.320. The van der Waals surface area contributed by atoms with Crippen molar-refractivity contribution in [1.82, 2.24) is 4.90 Å². The fourth-order valence-corrected chi connectivity index (χ4v) is 3.51. The molecule has 2 aliphatic heterocycles. The zero-order valence-electron chi connectivity index (χ0n) is 14.3. The maximum atomic E-state index is 13.5. The highest BCUT2D eigenvalue weighted by molar-refractivity contribution is 6.28. The van der Waals surface area contributed by atoms with E-state index in [1.165, 1.54) is 17.7 Å². The van der Waals surface area contributed by atoms with Crippen molar-refractivity contribution in [2.45, 2.75) is 18.8 Å². The molecule has 5 heteroatoms. The van der Waals surface area contributed by atoms with Crippen LogP contribution in [0.5, 0.6) is 0 Å². The fourth-order valence-electron chi connectivity index (χ4n) is 3.51. The van der Waals surface area contributed by atoms with Gasteiger partial charge in [0.15, 0.2) is 0 Å². The number of rotatable bonds is 3. The molecular formula is C21H19FN2O2. The van der Waals surface area contributed by atoms with Crippen molar-refractivity contribution in [3.63, 3.8) is 0 Å². The Morgan fingerprint density at radius 3 is 2.58 bits per heavy atom. The Balaban J connectivity index is 1.49. The van der Waals surface area contributed by atoms with Crippen molar-refractivity contribution < 1.29 is 14.0 Å². The number of piperidine rings is 1. The van der Waals surface area contributed by atoms with Crippen molar-refractivity contribution in [3.05, 3.63) is 83.3 Å². The normalized spacial score (nSPS) is 19.6. The summed E-state index contributed by atoms with van der Waals surface area (Å²) in [7, 11) is 0. The first-order chi connectivity index (χ1) is 12.7. The number of carbonyl (C=O) groups is 1. The Morgan fingerprint density at radius 2 is 1.85 bits per heavy atom. The van der Waals surface area contributed by atoms with E-state index in [2.05, 4.69) is 34.3 Å². The van der Waals surface area contributed by atoms with Gasteiger partial charge in [0.25, 0.3) is 0 Å². The fraction of sp³-hybridized carbons (Fsp3) is 0.238. The number of likely N-dealkylation sites (tertiary alicyclic amines) is 1. The maximum Gasteiger partial charge on any atom is 0.369 e. The molecule has 2 aromatic rings. The van der Waals surface area contributed by atoms with Gasteiger partial charge < -0.3 is 9.74 Å². The van der Waals surface area contributed by atoms with E-state index >= 15 is 0 Å². The van der Waals surface area contributed by atoms with E-state index in [0.29, 0.717) is 22.8 Å². The summed E-state index contributed by atoms with van der Waals surface area (Å²) in [5.41, 5.74) is 2.68. The molecule has 2 aromatic carbocycles. The van der Waals surface area contributed by atoms with Crippen LogP contribution in [0, 0.1) is 5.82 Å². The van der Waals surface area contributed by atoms with Gasteiger partial charge in [-0.1, -0.05) is 47.6 Å². The molecule has 132 valence electrons. The summed E-state index contributed by atoms with van der Waals surface area (Å²) in [4.78, 5) is 19.0. The summed E-state index contributed by atoms with van der Waals surface area (Å²) in [5, 5.41) is 3.84. The molecule has 26 heavy (non-hydrogen) atoms. The smallest absolute Gasteiger partial charge is 0.369 e. The Labute approximate surface area is 151 Å². The quantitative estimate of drug-likeness (QED) is 0.624. The maximum absolute atomic E-state index is 13.5. The lowest BCUT2D eigenvalue weighted by atomic mass is 9.89. The zero-order chi connectivity index (χ0) is 17.9. The van der Waals surface area contributed by atoms with Gasteiger partial charge in [0.2, 0.25) is 0 Å². The highest BCUT2D eigenvalue weighted by Gasteiger charge is 2.29. The Hall–Kier alpha value is -2.95. The van der Waals surface area contributed by atoms with Gasteiger partial charge in [-0.3, -0.25) is 0 Å². The SMILES string of the molecule is O=C1ON=C(c2cccc(F)c2)/C1=C/N1CCC(c2ccccc2)CC1. The standard InChI is InChI=1S/C21H19FN2O2/c22-18-8-4-7-17(13-18)20-19(21(25)26-23-20)14-24-11-9-16(10-12-24)15-5-2-1-3-6-15/h1-8,13-14,16H,9-12H2/b19-14-. The third kappa shape index (κ3) is 3.38. The predicted molar refractivity (Wildman–Crippen MR) is 97.1 cm³/mol. The lowest BCUT2D eigenvalue weighted by Crippen LogP contribution is -2.30. The van der Waals surface area contributed by atoms with Crippen LogP contribution in [0.2, 0.25) is 0 Å². The lowest BCUT2D eigenvalue weighted by Gasteiger charge is -2.31. The molecule has 0 spiro atoms. The Morgan fingerprint density at radius 1 is 1.08 bits per heavy atom. The van der Waals surface area contributed by atoms with E-state index in [0.717, 1.165) is 25.9 Å². The first-order valence-electron chi connectivity index (χ1n) is 8.77. The van der Waals surface area contributed by atoms with Crippen LogP contribution < -0.4 is 0 Å². The van der Waals surface area contributed by atoms with Gasteiger partial charge in [-0.15, -0.1) is 0 Å². The van der Waals surface area contributed by atoms with Gasteiger partial charge in [0, 0.05) is 24.9 Å². The Bertz CT molecular complexity index is 869. The van der Waals surface area contributed by atoms with Gasteiger partial charge in [-0.05, 0) is 36.5 Å². The van der Waals surface area contributed by atoms with Crippen molar-refractivity contribution in [3.8, 4) is 0 Å².